The van der Waals surface area contributed by atoms with Gasteiger partial charge in [0.15, 0.2) is 6.29 Å². The lowest BCUT2D eigenvalue weighted by molar-refractivity contribution is -0.214. The maximum absolute atomic E-state index is 12.3. The molecule has 0 aliphatic carbocycles. The topological polar surface area (TPSA) is 47.6 Å². The number of benzene rings is 2. The highest BCUT2D eigenvalue weighted by Gasteiger charge is 2.30. The Labute approximate surface area is 148 Å². The van der Waals surface area contributed by atoms with Gasteiger partial charge in [0, 0.05) is 12.0 Å². The van der Waals surface area contributed by atoms with Crippen LogP contribution in [0.3, 0.4) is 0 Å². The average Bonchev–Trinajstić information content (AvgIpc) is 2.65. The normalized spacial score (nSPS) is 23.0. The highest BCUT2D eigenvalue weighted by Crippen LogP contribution is 2.23. The SMILES string of the molecule is C=C(C[C@H]1OC[C@@H](NC(=O)c2ccccc2)[C@H](C)O1)c1ccccc1. The van der Waals surface area contributed by atoms with E-state index in [1.165, 1.54) is 0 Å². The molecule has 0 unspecified atom stereocenters. The molecule has 0 saturated carbocycles. The summed E-state index contributed by atoms with van der Waals surface area (Å²) < 4.78 is 11.7. The van der Waals surface area contributed by atoms with E-state index in [1.54, 1.807) is 12.1 Å². The molecule has 3 atom stereocenters. The predicted molar refractivity (Wildman–Crippen MR) is 98.1 cm³/mol. The van der Waals surface area contributed by atoms with Gasteiger partial charge in [0.25, 0.3) is 5.91 Å². The molecule has 25 heavy (non-hydrogen) atoms. The molecule has 1 fully saturated rings. The molecular weight excluding hydrogens is 314 g/mol. The summed E-state index contributed by atoms with van der Waals surface area (Å²) in [7, 11) is 0. The van der Waals surface area contributed by atoms with Crippen LogP contribution in [0.1, 0.15) is 29.3 Å². The number of ether oxygens (including phenoxy) is 2. The van der Waals surface area contributed by atoms with Gasteiger partial charge in [-0.15, -0.1) is 0 Å². The van der Waals surface area contributed by atoms with Gasteiger partial charge in [-0.05, 0) is 30.2 Å². The van der Waals surface area contributed by atoms with E-state index in [4.69, 9.17) is 9.47 Å². The Morgan fingerprint density at radius 1 is 1.08 bits per heavy atom. The third-order valence-corrected chi connectivity index (χ3v) is 4.34. The lowest BCUT2D eigenvalue weighted by Gasteiger charge is -2.35. The van der Waals surface area contributed by atoms with Crippen LogP contribution in [0.25, 0.3) is 5.57 Å². The third kappa shape index (κ3) is 4.56. The lowest BCUT2D eigenvalue weighted by Crippen LogP contribution is -2.52. The first-order valence-corrected chi connectivity index (χ1v) is 8.49. The van der Waals surface area contributed by atoms with Crippen LogP contribution in [-0.4, -0.2) is 30.9 Å². The lowest BCUT2D eigenvalue weighted by atomic mass is 10.0. The van der Waals surface area contributed by atoms with Crippen LogP contribution >= 0.6 is 0 Å². The van der Waals surface area contributed by atoms with Crippen molar-refractivity contribution in [3.8, 4) is 0 Å². The summed E-state index contributed by atoms with van der Waals surface area (Å²) in [6.45, 7) is 6.50. The van der Waals surface area contributed by atoms with E-state index in [0.717, 1.165) is 11.1 Å². The first kappa shape index (κ1) is 17.4. The van der Waals surface area contributed by atoms with Gasteiger partial charge in [-0.1, -0.05) is 55.1 Å². The Hall–Kier alpha value is -2.43. The fourth-order valence-corrected chi connectivity index (χ4v) is 2.82. The van der Waals surface area contributed by atoms with E-state index in [0.29, 0.717) is 18.6 Å². The maximum atomic E-state index is 12.3. The molecule has 0 radical (unpaired) electrons. The van der Waals surface area contributed by atoms with Crippen molar-refractivity contribution in [1.29, 1.82) is 0 Å². The van der Waals surface area contributed by atoms with E-state index in [2.05, 4.69) is 11.9 Å². The summed E-state index contributed by atoms with van der Waals surface area (Å²) in [5.74, 6) is -0.114. The molecule has 3 rings (SSSR count). The number of carbonyl (C=O) groups excluding carboxylic acids is 1. The van der Waals surface area contributed by atoms with E-state index in [1.807, 2.05) is 55.5 Å². The van der Waals surface area contributed by atoms with Gasteiger partial charge in [0.1, 0.15) is 0 Å². The van der Waals surface area contributed by atoms with Crippen molar-refractivity contribution in [2.45, 2.75) is 31.8 Å². The van der Waals surface area contributed by atoms with Crippen molar-refractivity contribution in [2.75, 3.05) is 6.61 Å². The molecule has 2 aromatic rings. The Morgan fingerprint density at radius 3 is 2.28 bits per heavy atom. The monoisotopic (exact) mass is 337 g/mol. The second kappa shape index (κ2) is 8.10. The molecule has 1 aliphatic rings. The fourth-order valence-electron chi connectivity index (χ4n) is 2.82. The van der Waals surface area contributed by atoms with Crippen molar-refractivity contribution in [3.63, 3.8) is 0 Å². The molecule has 4 nitrogen and oxygen atoms in total. The van der Waals surface area contributed by atoms with Crippen LogP contribution in [0.2, 0.25) is 0 Å². The first-order valence-electron chi connectivity index (χ1n) is 8.49. The zero-order valence-corrected chi connectivity index (χ0v) is 14.4. The number of amides is 1. The summed E-state index contributed by atoms with van der Waals surface area (Å²) in [5, 5.41) is 2.98. The molecule has 2 aromatic carbocycles. The van der Waals surface area contributed by atoms with E-state index >= 15 is 0 Å². The first-order chi connectivity index (χ1) is 12.1. The van der Waals surface area contributed by atoms with Crippen LogP contribution in [0.15, 0.2) is 67.2 Å². The molecule has 0 spiro atoms. The zero-order chi connectivity index (χ0) is 17.6. The second-order valence-corrected chi connectivity index (χ2v) is 6.22. The standard InChI is InChI=1S/C21H23NO3/c1-15(17-9-5-3-6-10-17)13-20-24-14-19(16(2)25-20)22-21(23)18-11-7-4-8-12-18/h3-12,16,19-20H,1,13-14H2,2H3,(H,22,23)/t16-,19+,20-/m0/s1. The largest absolute Gasteiger partial charge is 0.350 e. The molecule has 1 N–H and O–H groups in total. The van der Waals surface area contributed by atoms with Gasteiger partial charge >= 0.3 is 0 Å². The van der Waals surface area contributed by atoms with Crippen molar-refractivity contribution in [2.24, 2.45) is 0 Å². The van der Waals surface area contributed by atoms with Crippen molar-refractivity contribution < 1.29 is 14.3 Å². The Balaban J connectivity index is 1.52. The zero-order valence-electron chi connectivity index (χ0n) is 14.4. The average molecular weight is 337 g/mol. The summed E-state index contributed by atoms with van der Waals surface area (Å²) in [6, 6.07) is 19.0. The van der Waals surface area contributed by atoms with Gasteiger partial charge < -0.3 is 14.8 Å². The van der Waals surface area contributed by atoms with Gasteiger partial charge in [0.05, 0.1) is 18.8 Å². The van der Waals surface area contributed by atoms with Crippen molar-refractivity contribution in [3.05, 3.63) is 78.4 Å². The maximum Gasteiger partial charge on any atom is 0.251 e. The van der Waals surface area contributed by atoms with Crippen LogP contribution in [0.5, 0.6) is 0 Å². The smallest absolute Gasteiger partial charge is 0.251 e. The number of rotatable bonds is 5. The van der Waals surface area contributed by atoms with Crippen LogP contribution in [0, 0.1) is 0 Å². The highest BCUT2D eigenvalue weighted by molar-refractivity contribution is 5.94. The van der Waals surface area contributed by atoms with Crippen LogP contribution in [-0.2, 0) is 9.47 Å². The molecular formula is C21H23NO3. The van der Waals surface area contributed by atoms with E-state index in [-0.39, 0.29) is 24.3 Å². The Bertz CT molecular complexity index is 714. The van der Waals surface area contributed by atoms with E-state index < -0.39 is 0 Å². The highest BCUT2D eigenvalue weighted by atomic mass is 16.7. The summed E-state index contributed by atoms with van der Waals surface area (Å²) in [6.07, 6.45) is 0.135. The molecule has 130 valence electrons. The minimum Gasteiger partial charge on any atom is -0.350 e. The quantitative estimate of drug-likeness (QED) is 0.906. The molecule has 4 heteroatoms. The van der Waals surface area contributed by atoms with Crippen LogP contribution < -0.4 is 5.32 Å². The van der Waals surface area contributed by atoms with Gasteiger partial charge in [-0.2, -0.15) is 0 Å². The Kier molecular flexibility index (Phi) is 5.64. The molecule has 1 amide bonds. The van der Waals surface area contributed by atoms with Crippen molar-refractivity contribution in [1.82, 2.24) is 5.32 Å². The van der Waals surface area contributed by atoms with Crippen molar-refractivity contribution >= 4 is 11.5 Å². The third-order valence-electron chi connectivity index (χ3n) is 4.34. The molecule has 0 aromatic heterocycles. The molecule has 1 aliphatic heterocycles. The van der Waals surface area contributed by atoms with Crippen LogP contribution in [0.4, 0.5) is 0 Å². The summed E-state index contributed by atoms with van der Waals surface area (Å²) in [5.41, 5.74) is 2.70. The molecule has 0 bridgehead atoms. The summed E-state index contributed by atoms with van der Waals surface area (Å²) in [4.78, 5) is 12.3. The minimum absolute atomic E-state index is 0.114. The molecule has 1 heterocycles. The number of hydrogen-bond acceptors (Lipinski definition) is 3. The minimum atomic E-state index is -0.340. The Morgan fingerprint density at radius 2 is 1.68 bits per heavy atom. The van der Waals surface area contributed by atoms with Gasteiger partial charge in [0.2, 0.25) is 0 Å². The second-order valence-electron chi connectivity index (χ2n) is 6.22. The number of carbonyl (C=O) groups is 1. The predicted octanol–water partition coefficient (Wildman–Crippen LogP) is 3.65. The summed E-state index contributed by atoms with van der Waals surface area (Å²) >= 11 is 0. The fraction of sp³-hybridized carbons (Fsp3) is 0.286. The number of hydrogen-bond donors (Lipinski definition) is 1. The number of nitrogens with one attached hydrogen (secondary N) is 1. The van der Waals surface area contributed by atoms with Gasteiger partial charge in [-0.25, -0.2) is 0 Å². The van der Waals surface area contributed by atoms with E-state index in [9.17, 15) is 4.79 Å². The van der Waals surface area contributed by atoms with Gasteiger partial charge in [-0.3, -0.25) is 4.79 Å². The molecule has 1 saturated heterocycles.